The molecule has 132 valence electrons. The SMILES string of the molecule is Cc1ccc(C=NNC(=O)c2ccc(NN=Cc3ccc(C)o3)cc2)o1. The summed E-state index contributed by atoms with van der Waals surface area (Å²) in [5, 5.41) is 7.95. The molecular formula is C19H18N4O3. The van der Waals surface area contributed by atoms with Gasteiger partial charge >= 0.3 is 0 Å². The third kappa shape index (κ3) is 4.70. The topological polar surface area (TPSA) is 92.1 Å². The fourth-order valence-electron chi connectivity index (χ4n) is 2.13. The van der Waals surface area contributed by atoms with Crippen LogP contribution in [0.15, 0.2) is 67.6 Å². The molecule has 26 heavy (non-hydrogen) atoms. The Hall–Kier alpha value is -3.61. The van der Waals surface area contributed by atoms with Crippen LogP contribution in [0.5, 0.6) is 0 Å². The smallest absolute Gasteiger partial charge is 0.271 e. The van der Waals surface area contributed by atoms with Crippen LogP contribution in [-0.4, -0.2) is 18.3 Å². The first kappa shape index (κ1) is 17.2. The molecule has 0 saturated heterocycles. The van der Waals surface area contributed by atoms with Gasteiger partial charge in [0.05, 0.1) is 18.1 Å². The largest absolute Gasteiger partial charge is 0.460 e. The molecule has 0 fully saturated rings. The number of rotatable bonds is 6. The number of benzene rings is 1. The van der Waals surface area contributed by atoms with Gasteiger partial charge in [-0.15, -0.1) is 0 Å². The summed E-state index contributed by atoms with van der Waals surface area (Å²) in [6.07, 6.45) is 3.03. The number of anilines is 1. The zero-order valence-electron chi connectivity index (χ0n) is 14.4. The van der Waals surface area contributed by atoms with Gasteiger partial charge in [0.25, 0.3) is 5.91 Å². The summed E-state index contributed by atoms with van der Waals surface area (Å²) in [5.74, 6) is 2.53. The first-order valence-electron chi connectivity index (χ1n) is 7.95. The molecule has 0 bridgehead atoms. The maximum Gasteiger partial charge on any atom is 0.271 e. The third-order valence-corrected chi connectivity index (χ3v) is 3.41. The van der Waals surface area contributed by atoms with Crippen molar-refractivity contribution in [3.63, 3.8) is 0 Å². The Morgan fingerprint density at radius 1 is 0.846 bits per heavy atom. The molecule has 0 spiro atoms. The van der Waals surface area contributed by atoms with Gasteiger partial charge in [-0.2, -0.15) is 10.2 Å². The number of amides is 1. The monoisotopic (exact) mass is 350 g/mol. The molecule has 0 aliphatic carbocycles. The van der Waals surface area contributed by atoms with Crippen LogP contribution in [0.25, 0.3) is 0 Å². The van der Waals surface area contributed by atoms with E-state index >= 15 is 0 Å². The van der Waals surface area contributed by atoms with Gasteiger partial charge in [-0.05, 0) is 62.4 Å². The van der Waals surface area contributed by atoms with Gasteiger partial charge < -0.3 is 8.83 Å². The molecule has 0 saturated carbocycles. The molecule has 3 rings (SSSR count). The van der Waals surface area contributed by atoms with Crippen LogP contribution in [0.2, 0.25) is 0 Å². The van der Waals surface area contributed by atoms with E-state index in [1.54, 1.807) is 36.5 Å². The van der Waals surface area contributed by atoms with Crippen molar-refractivity contribution < 1.29 is 13.6 Å². The summed E-state index contributed by atoms with van der Waals surface area (Å²) in [6, 6.07) is 14.1. The number of carbonyl (C=O) groups is 1. The summed E-state index contributed by atoms with van der Waals surface area (Å²) in [7, 11) is 0. The van der Waals surface area contributed by atoms with Gasteiger partial charge in [0.2, 0.25) is 0 Å². The molecule has 2 heterocycles. The number of furan rings is 2. The summed E-state index contributed by atoms with van der Waals surface area (Å²) >= 11 is 0. The average molecular weight is 350 g/mol. The van der Waals surface area contributed by atoms with Gasteiger partial charge in [-0.1, -0.05) is 0 Å². The molecule has 2 aromatic heterocycles. The summed E-state index contributed by atoms with van der Waals surface area (Å²) in [5.41, 5.74) is 6.55. The van der Waals surface area contributed by atoms with Gasteiger partial charge in [0.15, 0.2) is 0 Å². The van der Waals surface area contributed by atoms with Gasteiger partial charge in [-0.3, -0.25) is 10.2 Å². The highest BCUT2D eigenvalue weighted by molar-refractivity contribution is 5.95. The normalized spacial score (nSPS) is 11.3. The first-order chi connectivity index (χ1) is 12.6. The van der Waals surface area contributed by atoms with Crippen molar-refractivity contribution in [2.75, 3.05) is 5.43 Å². The fourth-order valence-corrected chi connectivity index (χ4v) is 2.13. The maximum absolute atomic E-state index is 12.0. The molecule has 0 atom stereocenters. The van der Waals surface area contributed by atoms with Crippen LogP contribution < -0.4 is 10.9 Å². The molecule has 7 nitrogen and oxygen atoms in total. The molecule has 0 radical (unpaired) electrons. The highest BCUT2D eigenvalue weighted by Crippen LogP contribution is 2.10. The van der Waals surface area contributed by atoms with Crippen molar-refractivity contribution in [2.24, 2.45) is 10.2 Å². The third-order valence-electron chi connectivity index (χ3n) is 3.41. The number of carbonyl (C=O) groups excluding carboxylic acids is 1. The highest BCUT2D eigenvalue weighted by Gasteiger charge is 2.04. The molecule has 1 aromatic carbocycles. The van der Waals surface area contributed by atoms with Crippen LogP contribution >= 0.6 is 0 Å². The zero-order valence-corrected chi connectivity index (χ0v) is 14.4. The Bertz CT molecular complexity index is 936. The molecule has 2 N–H and O–H groups in total. The Labute approximate surface area is 150 Å². The lowest BCUT2D eigenvalue weighted by atomic mass is 10.2. The molecule has 1 amide bonds. The minimum atomic E-state index is -0.314. The summed E-state index contributed by atoms with van der Waals surface area (Å²) in [4.78, 5) is 12.0. The molecule has 3 aromatic rings. The second-order valence-corrected chi connectivity index (χ2v) is 5.54. The highest BCUT2D eigenvalue weighted by atomic mass is 16.3. The lowest BCUT2D eigenvalue weighted by Gasteiger charge is -2.02. The van der Waals surface area contributed by atoms with Crippen molar-refractivity contribution in [3.8, 4) is 0 Å². The standard InChI is InChI=1S/C19H18N4O3/c1-13-3-9-17(25-13)11-20-22-16-7-5-15(6-8-16)19(24)23-21-12-18-10-4-14(2)26-18/h3-12,22H,1-2H3,(H,23,24). The van der Waals surface area contributed by atoms with E-state index in [0.29, 0.717) is 17.1 Å². The number of hydrogen-bond donors (Lipinski definition) is 2. The second kappa shape index (κ2) is 7.98. The van der Waals surface area contributed by atoms with Gasteiger partial charge in [0.1, 0.15) is 23.0 Å². The predicted molar refractivity (Wildman–Crippen MR) is 99.6 cm³/mol. The lowest BCUT2D eigenvalue weighted by Crippen LogP contribution is -2.17. The summed E-state index contributed by atoms with van der Waals surface area (Å²) < 4.78 is 10.7. The Morgan fingerprint density at radius 2 is 1.42 bits per heavy atom. The molecule has 0 aliphatic rings. The fraction of sp³-hybridized carbons (Fsp3) is 0.105. The van der Waals surface area contributed by atoms with Crippen LogP contribution in [-0.2, 0) is 0 Å². The lowest BCUT2D eigenvalue weighted by molar-refractivity contribution is 0.0955. The minimum absolute atomic E-state index is 0.314. The van der Waals surface area contributed by atoms with E-state index in [1.807, 2.05) is 32.0 Å². The van der Waals surface area contributed by atoms with E-state index in [0.717, 1.165) is 17.2 Å². The molecule has 0 aliphatic heterocycles. The number of aryl methyl sites for hydroxylation is 2. The number of hydrogen-bond acceptors (Lipinski definition) is 6. The van der Waals surface area contributed by atoms with Crippen molar-refractivity contribution >= 4 is 24.0 Å². The van der Waals surface area contributed by atoms with E-state index in [2.05, 4.69) is 21.1 Å². The predicted octanol–water partition coefficient (Wildman–Crippen LogP) is 3.70. The van der Waals surface area contributed by atoms with Gasteiger partial charge in [0, 0.05) is 5.56 Å². The minimum Gasteiger partial charge on any atom is -0.460 e. The average Bonchev–Trinajstić information content (AvgIpc) is 3.23. The van der Waals surface area contributed by atoms with E-state index < -0.39 is 0 Å². The first-order valence-corrected chi connectivity index (χ1v) is 7.95. The van der Waals surface area contributed by atoms with Gasteiger partial charge in [-0.25, -0.2) is 5.43 Å². The van der Waals surface area contributed by atoms with Crippen LogP contribution in [0.3, 0.4) is 0 Å². The Morgan fingerprint density at radius 3 is 1.96 bits per heavy atom. The van der Waals surface area contributed by atoms with Crippen molar-refractivity contribution in [2.45, 2.75) is 13.8 Å². The molecule has 0 unspecified atom stereocenters. The van der Waals surface area contributed by atoms with Crippen LogP contribution in [0.1, 0.15) is 33.4 Å². The number of nitrogens with zero attached hydrogens (tertiary/aromatic N) is 2. The van der Waals surface area contributed by atoms with E-state index in [9.17, 15) is 4.79 Å². The van der Waals surface area contributed by atoms with E-state index in [4.69, 9.17) is 8.83 Å². The molecule has 7 heteroatoms. The molecular weight excluding hydrogens is 332 g/mol. The zero-order chi connectivity index (χ0) is 18.4. The van der Waals surface area contributed by atoms with Crippen LogP contribution in [0, 0.1) is 13.8 Å². The second-order valence-electron chi connectivity index (χ2n) is 5.54. The maximum atomic E-state index is 12.0. The Balaban J connectivity index is 1.52. The van der Waals surface area contributed by atoms with Crippen molar-refractivity contribution in [3.05, 3.63) is 77.1 Å². The van der Waals surface area contributed by atoms with E-state index in [-0.39, 0.29) is 5.91 Å². The quantitative estimate of drug-likeness (QED) is 0.524. The Kier molecular flexibility index (Phi) is 5.28. The van der Waals surface area contributed by atoms with Crippen molar-refractivity contribution in [1.82, 2.24) is 5.43 Å². The summed E-state index contributed by atoms with van der Waals surface area (Å²) in [6.45, 7) is 3.71. The van der Waals surface area contributed by atoms with Crippen molar-refractivity contribution in [1.29, 1.82) is 0 Å². The number of hydrazone groups is 2. The number of nitrogens with one attached hydrogen (secondary N) is 2. The van der Waals surface area contributed by atoms with E-state index in [1.165, 1.54) is 6.21 Å². The van der Waals surface area contributed by atoms with Crippen LogP contribution in [0.4, 0.5) is 5.69 Å².